The van der Waals surface area contributed by atoms with E-state index in [0.717, 1.165) is 31.2 Å². The lowest BCUT2D eigenvalue weighted by atomic mass is 9.81. The van der Waals surface area contributed by atoms with Crippen LogP contribution in [0.4, 0.5) is 10.1 Å². The molecule has 98 valence electrons. The number of nitrogen functional groups attached to an aromatic ring is 1. The molecule has 18 heavy (non-hydrogen) atoms. The largest absolute Gasteiger partial charge is 0.399 e. The summed E-state index contributed by atoms with van der Waals surface area (Å²) in [5.41, 5.74) is 6.82. The van der Waals surface area contributed by atoms with Gasteiger partial charge in [0.25, 0.3) is 0 Å². The van der Waals surface area contributed by atoms with Crippen LogP contribution < -0.4 is 5.73 Å². The van der Waals surface area contributed by atoms with Crippen LogP contribution in [0.2, 0.25) is 0 Å². The summed E-state index contributed by atoms with van der Waals surface area (Å²) in [6.07, 6.45) is 3.50. The van der Waals surface area contributed by atoms with Crippen LogP contribution in [0.15, 0.2) is 18.2 Å². The summed E-state index contributed by atoms with van der Waals surface area (Å²) < 4.78 is 25.2. The fourth-order valence-electron chi connectivity index (χ4n) is 3.03. The van der Waals surface area contributed by atoms with Crippen molar-refractivity contribution in [2.75, 3.05) is 18.9 Å². The van der Waals surface area contributed by atoms with Gasteiger partial charge in [-0.15, -0.1) is 0 Å². The summed E-state index contributed by atoms with van der Waals surface area (Å²) in [4.78, 5) is 0. The molecule has 3 nitrogen and oxygen atoms in total. The maximum Gasteiger partial charge on any atom is 0.168 e. The number of ether oxygens (including phenoxy) is 2. The molecule has 1 aliphatic carbocycles. The Morgan fingerprint density at radius 3 is 2.44 bits per heavy atom. The average Bonchev–Trinajstić information content (AvgIpc) is 2.80. The molecule has 2 fully saturated rings. The van der Waals surface area contributed by atoms with Crippen LogP contribution in [0.5, 0.6) is 0 Å². The van der Waals surface area contributed by atoms with E-state index >= 15 is 0 Å². The van der Waals surface area contributed by atoms with Gasteiger partial charge in [0.1, 0.15) is 5.82 Å². The van der Waals surface area contributed by atoms with Crippen LogP contribution >= 0.6 is 0 Å². The Labute approximate surface area is 106 Å². The molecule has 1 spiro atoms. The standard InChI is InChI=1S/C14H18FNO2/c15-13-9-11(16)1-2-12(13)10-3-5-14(6-4-10)17-7-8-18-14/h1-2,9-10H,3-8,16H2. The molecule has 4 heteroatoms. The quantitative estimate of drug-likeness (QED) is 0.780. The smallest absolute Gasteiger partial charge is 0.168 e. The average molecular weight is 251 g/mol. The molecule has 1 saturated heterocycles. The minimum atomic E-state index is -0.374. The summed E-state index contributed by atoms with van der Waals surface area (Å²) in [6, 6.07) is 4.98. The van der Waals surface area contributed by atoms with Crippen LogP contribution in [-0.4, -0.2) is 19.0 Å². The van der Waals surface area contributed by atoms with Crippen molar-refractivity contribution >= 4 is 5.69 Å². The van der Waals surface area contributed by atoms with E-state index in [9.17, 15) is 4.39 Å². The number of hydrogen-bond acceptors (Lipinski definition) is 3. The van der Waals surface area contributed by atoms with E-state index in [2.05, 4.69) is 0 Å². The van der Waals surface area contributed by atoms with Crippen LogP contribution in [0.1, 0.15) is 37.2 Å². The number of anilines is 1. The van der Waals surface area contributed by atoms with Crippen molar-refractivity contribution in [2.45, 2.75) is 37.4 Å². The second-order valence-electron chi connectivity index (χ2n) is 5.16. The van der Waals surface area contributed by atoms with Gasteiger partial charge in [-0.25, -0.2) is 4.39 Å². The second-order valence-corrected chi connectivity index (χ2v) is 5.16. The first-order chi connectivity index (χ1) is 8.69. The van der Waals surface area contributed by atoms with Gasteiger partial charge in [-0.05, 0) is 36.5 Å². The van der Waals surface area contributed by atoms with Gasteiger partial charge in [-0.2, -0.15) is 0 Å². The first kappa shape index (κ1) is 11.9. The summed E-state index contributed by atoms with van der Waals surface area (Å²) in [7, 11) is 0. The van der Waals surface area contributed by atoms with Gasteiger partial charge in [0.15, 0.2) is 5.79 Å². The lowest BCUT2D eigenvalue weighted by Gasteiger charge is -2.35. The Morgan fingerprint density at radius 1 is 1.17 bits per heavy atom. The zero-order chi connectivity index (χ0) is 12.6. The Morgan fingerprint density at radius 2 is 1.83 bits per heavy atom. The van der Waals surface area contributed by atoms with Crippen LogP contribution in [-0.2, 0) is 9.47 Å². The van der Waals surface area contributed by atoms with Gasteiger partial charge in [0, 0.05) is 18.5 Å². The summed E-state index contributed by atoms with van der Waals surface area (Å²) in [5.74, 6) is -0.311. The van der Waals surface area contributed by atoms with Crippen molar-refractivity contribution in [2.24, 2.45) is 0 Å². The van der Waals surface area contributed by atoms with Gasteiger partial charge in [0.05, 0.1) is 13.2 Å². The summed E-state index contributed by atoms with van der Waals surface area (Å²) in [5, 5.41) is 0. The third-order valence-corrected chi connectivity index (χ3v) is 4.03. The molecule has 2 aliphatic rings. The van der Waals surface area contributed by atoms with Crippen LogP contribution in [0, 0.1) is 5.82 Å². The zero-order valence-corrected chi connectivity index (χ0v) is 10.3. The first-order valence-corrected chi connectivity index (χ1v) is 6.51. The third kappa shape index (κ3) is 2.10. The Kier molecular flexibility index (Phi) is 2.99. The topological polar surface area (TPSA) is 44.5 Å². The summed E-state index contributed by atoms with van der Waals surface area (Å²) in [6.45, 7) is 1.36. The van der Waals surface area contributed by atoms with E-state index in [1.807, 2.05) is 6.07 Å². The van der Waals surface area contributed by atoms with Crippen molar-refractivity contribution in [1.29, 1.82) is 0 Å². The van der Waals surface area contributed by atoms with Crippen LogP contribution in [0.3, 0.4) is 0 Å². The lowest BCUT2D eigenvalue weighted by molar-refractivity contribution is -0.178. The lowest BCUT2D eigenvalue weighted by Crippen LogP contribution is -2.34. The molecule has 1 heterocycles. The highest BCUT2D eigenvalue weighted by Gasteiger charge is 2.40. The molecule has 1 aliphatic heterocycles. The molecule has 1 aromatic rings. The van der Waals surface area contributed by atoms with E-state index in [1.54, 1.807) is 6.07 Å². The fourth-order valence-corrected chi connectivity index (χ4v) is 3.03. The Hall–Kier alpha value is -1.13. The van der Waals surface area contributed by atoms with E-state index in [0.29, 0.717) is 18.9 Å². The summed E-state index contributed by atoms with van der Waals surface area (Å²) >= 11 is 0. The minimum Gasteiger partial charge on any atom is -0.399 e. The molecule has 2 N–H and O–H groups in total. The third-order valence-electron chi connectivity index (χ3n) is 4.03. The Balaban J connectivity index is 1.72. The van der Waals surface area contributed by atoms with E-state index in [1.165, 1.54) is 6.07 Å². The van der Waals surface area contributed by atoms with Gasteiger partial charge in [0.2, 0.25) is 0 Å². The highest BCUT2D eigenvalue weighted by atomic mass is 19.1. The number of hydrogen-bond donors (Lipinski definition) is 1. The molecule has 0 amide bonds. The number of nitrogens with two attached hydrogens (primary N) is 1. The van der Waals surface area contributed by atoms with Crippen molar-refractivity contribution < 1.29 is 13.9 Å². The van der Waals surface area contributed by atoms with Crippen molar-refractivity contribution in [3.8, 4) is 0 Å². The van der Waals surface area contributed by atoms with Crippen molar-refractivity contribution in [1.82, 2.24) is 0 Å². The molecular weight excluding hydrogens is 233 g/mol. The molecule has 3 rings (SSSR count). The molecular formula is C14H18FNO2. The molecule has 0 atom stereocenters. The number of rotatable bonds is 1. The maximum absolute atomic E-state index is 13.9. The van der Waals surface area contributed by atoms with Gasteiger partial charge in [-0.3, -0.25) is 0 Å². The first-order valence-electron chi connectivity index (χ1n) is 6.51. The highest BCUT2D eigenvalue weighted by molar-refractivity contribution is 5.41. The van der Waals surface area contributed by atoms with Gasteiger partial charge < -0.3 is 15.2 Å². The predicted octanol–water partition coefficient (Wildman–Crippen LogP) is 2.81. The normalized spacial score (nSPS) is 23.6. The SMILES string of the molecule is Nc1ccc(C2CCC3(CC2)OCCO3)c(F)c1. The second kappa shape index (κ2) is 4.52. The van der Waals surface area contributed by atoms with Gasteiger partial charge >= 0.3 is 0 Å². The van der Waals surface area contributed by atoms with Crippen molar-refractivity contribution in [3.63, 3.8) is 0 Å². The maximum atomic E-state index is 13.9. The Bertz CT molecular complexity index is 433. The zero-order valence-electron chi connectivity index (χ0n) is 10.3. The highest BCUT2D eigenvalue weighted by Crippen LogP contribution is 2.42. The van der Waals surface area contributed by atoms with E-state index in [-0.39, 0.29) is 17.5 Å². The number of halogens is 1. The monoisotopic (exact) mass is 251 g/mol. The minimum absolute atomic E-state index is 0.191. The van der Waals surface area contributed by atoms with E-state index in [4.69, 9.17) is 15.2 Å². The fraction of sp³-hybridized carbons (Fsp3) is 0.571. The molecule has 1 aromatic carbocycles. The molecule has 0 bridgehead atoms. The van der Waals surface area contributed by atoms with Gasteiger partial charge in [-0.1, -0.05) is 6.07 Å². The number of benzene rings is 1. The molecule has 0 radical (unpaired) electrons. The van der Waals surface area contributed by atoms with E-state index < -0.39 is 0 Å². The van der Waals surface area contributed by atoms with Crippen molar-refractivity contribution in [3.05, 3.63) is 29.6 Å². The van der Waals surface area contributed by atoms with Crippen LogP contribution in [0.25, 0.3) is 0 Å². The molecule has 0 aromatic heterocycles. The predicted molar refractivity (Wildman–Crippen MR) is 66.7 cm³/mol. The molecule has 0 unspecified atom stereocenters. The molecule has 1 saturated carbocycles.